The van der Waals surface area contributed by atoms with E-state index in [0.717, 1.165) is 28.6 Å². The van der Waals surface area contributed by atoms with E-state index in [9.17, 15) is 9.59 Å². The molecule has 2 heterocycles. The molecule has 1 saturated heterocycles. The number of pyridine rings is 1. The van der Waals surface area contributed by atoms with E-state index < -0.39 is 0 Å². The van der Waals surface area contributed by atoms with Crippen molar-refractivity contribution in [2.45, 2.75) is 13.3 Å². The second-order valence-electron chi connectivity index (χ2n) is 7.27. The zero-order valence-corrected chi connectivity index (χ0v) is 14.0. The molecule has 5 nitrogen and oxygen atoms in total. The van der Waals surface area contributed by atoms with Crippen molar-refractivity contribution in [1.82, 2.24) is 9.88 Å². The SMILES string of the molecule is Cc1ccnc2c(NCN3C(=O)[C@@H]4[C@@H](C3=O)[C@H]3C=C[C@@H]4C3)cccc12. The number of aromatic nitrogens is 1. The number of aryl methyl sites for hydroxylation is 1. The number of para-hydroxylation sites is 1. The lowest BCUT2D eigenvalue weighted by Gasteiger charge is -2.19. The zero-order chi connectivity index (χ0) is 17.1. The molecule has 5 heteroatoms. The number of imide groups is 1. The Labute approximate surface area is 145 Å². The Balaban J connectivity index is 1.40. The maximum atomic E-state index is 12.7. The number of nitrogens with one attached hydrogen (secondary N) is 1. The topological polar surface area (TPSA) is 62.3 Å². The van der Waals surface area contributed by atoms with E-state index >= 15 is 0 Å². The van der Waals surface area contributed by atoms with Gasteiger partial charge in [0.25, 0.3) is 0 Å². The summed E-state index contributed by atoms with van der Waals surface area (Å²) < 4.78 is 0. The highest BCUT2D eigenvalue weighted by molar-refractivity contribution is 6.06. The molecule has 2 amide bonds. The second kappa shape index (κ2) is 5.15. The van der Waals surface area contributed by atoms with Crippen LogP contribution in [0.3, 0.4) is 0 Å². The summed E-state index contributed by atoms with van der Waals surface area (Å²) in [5.74, 6) is 0.165. The summed E-state index contributed by atoms with van der Waals surface area (Å²) in [6.07, 6.45) is 6.97. The van der Waals surface area contributed by atoms with Crippen molar-refractivity contribution in [3.63, 3.8) is 0 Å². The Hall–Kier alpha value is -2.69. The van der Waals surface area contributed by atoms with Crippen molar-refractivity contribution < 1.29 is 9.59 Å². The number of carbonyl (C=O) groups excluding carboxylic acids is 2. The molecule has 4 atom stereocenters. The molecule has 1 aliphatic heterocycles. The minimum absolute atomic E-state index is 0.0243. The van der Waals surface area contributed by atoms with Crippen LogP contribution in [0.2, 0.25) is 0 Å². The first-order valence-electron chi connectivity index (χ1n) is 8.77. The Morgan fingerprint density at radius 3 is 2.56 bits per heavy atom. The number of benzene rings is 1. The van der Waals surface area contributed by atoms with Gasteiger partial charge in [0.15, 0.2) is 0 Å². The predicted octanol–water partition coefficient (Wildman–Crippen LogP) is 2.72. The summed E-state index contributed by atoms with van der Waals surface area (Å²) >= 11 is 0. The van der Waals surface area contributed by atoms with Gasteiger partial charge in [-0.3, -0.25) is 19.5 Å². The van der Waals surface area contributed by atoms with Gasteiger partial charge in [0.1, 0.15) is 0 Å². The zero-order valence-electron chi connectivity index (χ0n) is 14.0. The molecule has 0 unspecified atom stereocenters. The van der Waals surface area contributed by atoms with Crippen LogP contribution in [0.4, 0.5) is 5.69 Å². The molecule has 0 spiro atoms. The number of amides is 2. The molecule has 1 aromatic carbocycles. The summed E-state index contributed by atoms with van der Waals surface area (Å²) in [5, 5.41) is 4.33. The average Bonchev–Trinajstić information content (AvgIpc) is 3.29. The summed E-state index contributed by atoms with van der Waals surface area (Å²) in [5.41, 5.74) is 2.86. The van der Waals surface area contributed by atoms with E-state index in [4.69, 9.17) is 0 Å². The molecule has 25 heavy (non-hydrogen) atoms. The van der Waals surface area contributed by atoms with E-state index in [0.29, 0.717) is 0 Å². The van der Waals surface area contributed by atoms with Gasteiger partial charge >= 0.3 is 0 Å². The standard InChI is InChI=1S/C20H19N3O2/c1-11-7-8-21-18-14(11)3-2-4-15(18)22-10-23-19(24)16-12-5-6-13(9-12)17(16)20(23)25/h2-8,12-13,16-17,22H,9-10H2,1H3/t12-,13+,16-,17-/m0/s1. The third kappa shape index (κ3) is 1.98. The molecule has 126 valence electrons. The van der Waals surface area contributed by atoms with Crippen molar-refractivity contribution >= 4 is 28.4 Å². The number of fused-ring (bicyclic) bond motifs is 6. The molecular weight excluding hydrogens is 314 g/mol. The average molecular weight is 333 g/mol. The number of anilines is 1. The summed E-state index contributed by atoms with van der Waals surface area (Å²) in [7, 11) is 0. The van der Waals surface area contributed by atoms with Crippen LogP contribution in [0, 0.1) is 30.6 Å². The van der Waals surface area contributed by atoms with Gasteiger partial charge in [-0.05, 0) is 42.9 Å². The molecule has 1 N–H and O–H groups in total. The molecule has 3 aliphatic rings. The Morgan fingerprint density at radius 2 is 1.84 bits per heavy atom. The first kappa shape index (κ1) is 14.6. The molecule has 2 aromatic rings. The number of rotatable bonds is 3. The number of hydrogen-bond donors (Lipinski definition) is 1. The van der Waals surface area contributed by atoms with E-state index in [1.54, 1.807) is 6.20 Å². The molecule has 5 rings (SSSR count). The first-order chi connectivity index (χ1) is 12.1. The smallest absolute Gasteiger partial charge is 0.235 e. The largest absolute Gasteiger partial charge is 0.365 e. The molecule has 1 aromatic heterocycles. The molecule has 1 saturated carbocycles. The lowest BCUT2D eigenvalue weighted by atomic mass is 9.85. The fourth-order valence-electron chi connectivity index (χ4n) is 4.74. The van der Waals surface area contributed by atoms with Crippen molar-refractivity contribution in [1.29, 1.82) is 0 Å². The Morgan fingerprint density at radius 1 is 1.12 bits per heavy atom. The monoisotopic (exact) mass is 333 g/mol. The van der Waals surface area contributed by atoms with Crippen molar-refractivity contribution in [3.05, 3.63) is 48.2 Å². The van der Waals surface area contributed by atoms with Gasteiger partial charge in [-0.1, -0.05) is 24.3 Å². The molecule has 2 bridgehead atoms. The van der Waals surface area contributed by atoms with Crippen molar-refractivity contribution in [2.24, 2.45) is 23.7 Å². The van der Waals surface area contributed by atoms with Gasteiger partial charge in [-0.15, -0.1) is 0 Å². The fourth-order valence-corrected chi connectivity index (χ4v) is 4.74. The highest BCUT2D eigenvalue weighted by Crippen LogP contribution is 2.52. The summed E-state index contributed by atoms with van der Waals surface area (Å²) in [6.45, 7) is 2.25. The first-order valence-corrected chi connectivity index (χ1v) is 8.77. The lowest BCUT2D eigenvalue weighted by Crippen LogP contribution is -2.37. The van der Waals surface area contributed by atoms with Crippen molar-refractivity contribution in [2.75, 3.05) is 12.0 Å². The van der Waals surface area contributed by atoms with E-state index in [2.05, 4.69) is 22.5 Å². The lowest BCUT2D eigenvalue weighted by molar-refractivity contribution is -0.140. The minimum atomic E-state index is -0.141. The maximum absolute atomic E-state index is 12.7. The minimum Gasteiger partial charge on any atom is -0.365 e. The fraction of sp³-hybridized carbons (Fsp3) is 0.350. The number of allylic oxidation sites excluding steroid dienone is 2. The van der Waals surface area contributed by atoms with Crippen LogP contribution in [-0.4, -0.2) is 28.4 Å². The van der Waals surface area contributed by atoms with Crippen LogP contribution < -0.4 is 5.32 Å². The highest BCUT2D eigenvalue weighted by Gasteiger charge is 2.59. The third-order valence-corrected chi connectivity index (χ3v) is 5.98. The number of nitrogens with zero attached hydrogens (tertiary/aromatic N) is 2. The quantitative estimate of drug-likeness (QED) is 0.693. The van der Waals surface area contributed by atoms with Crippen LogP contribution in [-0.2, 0) is 9.59 Å². The summed E-state index contributed by atoms with van der Waals surface area (Å²) in [6, 6.07) is 7.91. The molecule has 2 aliphatic carbocycles. The van der Waals surface area contributed by atoms with Crippen LogP contribution in [0.1, 0.15) is 12.0 Å². The van der Waals surface area contributed by atoms with Gasteiger partial charge in [0.2, 0.25) is 11.8 Å². The Bertz CT molecular complexity index is 906. The van der Waals surface area contributed by atoms with Gasteiger partial charge in [0.05, 0.1) is 29.7 Å². The van der Waals surface area contributed by atoms with Gasteiger partial charge in [0, 0.05) is 11.6 Å². The van der Waals surface area contributed by atoms with E-state index in [1.165, 1.54) is 4.90 Å². The predicted molar refractivity (Wildman–Crippen MR) is 94.5 cm³/mol. The van der Waals surface area contributed by atoms with Gasteiger partial charge in [-0.25, -0.2) is 0 Å². The van der Waals surface area contributed by atoms with Crippen LogP contribution >= 0.6 is 0 Å². The molecule has 0 radical (unpaired) electrons. The highest BCUT2D eigenvalue weighted by atomic mass is 16.2. The van der Waals surface area contributed by atoms with E-state index in [-0.39, 0.29) is 42.2 Å². The molecular formula is C20H19N3O2. The van der Waals surface area contributed by atoms with Crippen LogP contribution in [0.15, 0.2) is 42.6 Å². The van der Waals surface area contributed by atoms with Gasteiger partial charge < -0.3 is 5.32 Å². The van der Waals surface area contributed by atoms with Gasteiger partial charge in [-0.2, -0.15) is 0 Å². The number of carbonyl (C=O) groups is 2. The number of hydrogen-bond acceptors (Lipinski definition) is 4. The van der Waals surface area contributed by atoms with Crippen LogP contribution in [0.25, 0.3) is 10.9 Å². The molecule has 2 fully saturated rings. The van der Waals surface area contributed by atoms with Crippen LogP contribution in [0.5, 0.6) is 0 Å². The normalized spacial score (nSPS) is 29.7. The van der Waals surface area contributed by atoms with Crippen molar-refractivity contribution in [3.8, 4) is 0 Å². The Kier molecular flexibility index (Phi) is 3.02. The third-order valence-electron chi connectivity index (χ3n) is 5.98. The summed E-state index contributed by atoms with van der Waals surface area (Å²) in [4.78, 5) is 31.3. The second-order valence-corrected chi connectivity index (χ2v) is 7.27. The van der Waals surface area contributed by atoms with E-state index in [1.807, 2.05) is 31.2 Å². The number of likely N-dealkylation sites (tertiary alicyclic amines) is 1. The maximum Gasteiger partial charge on any atom is 0.235 e.